The topological polar surface area (TPSA) is 117 Å². The maximum absolute atomic E-state index is 14.2. The number of thioether (sulfide) groups is 1. The molecule has 3 fully saturated rings. The minimum Gasteiger partial charge on any atom is -0.394 e. The van der Waals surface area contributed by atoms with Crippen LogP contribution >= 0.6 is 11.8 Å². The molecule has 0 radical (unpaired) electrons. The van der Waals surface area contributed by atoms with Crippen molar-refractivity contribution in [2.75, 3.05) is 37.9 Å². The van der Waals surface area contributed by atoms with E-state index in [1.807, 2.05) is 0 Å². The number of piperidine rings is 1. The number of hydrogen-bond donors (Lipinski definition) is 2. The third-order valence-corrected chi connectivity index (χ3v) is 8.98. The average molecular weight is 648 g/mol. The Hall–Kier alpha value is -3.91. The summed E-state index contributed by atoms with van der Waals surface area (Å²) in [5.41, 5.74) is 5.70. The fourth-order valence-corrected chi connectivity index (χ4v) is 6.63. The highest BCUT2D eigenvalue weighted by Gasteiger charge is 2.47. The number of nitrogens with zero attached hydrogens (tertiary/aromatic N) is 3. The van der Waals surface area contributed by atoms with Crippen LogP contribution in [0.4, 0.5) is 17.6 Å². The summed E-state index contributed by atoms with van der Waals surface area (Å²) in [5.74, 6) is -2.39. The van der Waals surface area contributed by atoms with Crippen LogP contribution in [0.2, 0.25) is 0 Å². The van der Waals surface area contributed by atoms with Gasteiger partial charge in [0.2, 0.25) is 0 Å². The number of hydrogen-bond acceptors (Lipinski definition) is 7. The van der Waals surface area contributed by atoms with Crippen LogP contribution in [0, 0.1) is 5.82 Å². The zero-order chi connectivity index (χ0) is 32.3. The fraction of sp³-hybridized carbons (Fsp3) is 0.419. The Morgan fingerprint density at radius 2 is 1.84 bits per heavy atom. The SMILES string of the molecule is CCN1C(=O)C(NC(=O)c2cccc(C(F)(F)F)c2)C(c2ccc(F)cc2)/C(=C(/N)C(=O)N2CCSC2)C1=NC1CCOCC1. The number of halogens is 4. The fourth-order valence-electron chi connectivity index (χ4n) is 5.68. The number of amidine groups is 1. The van der Waals surface area contributed by atoms with Gasteiger partial charge in [0.25, 0.3) is 17.7 Å². The Morgan fingerprint density at radius 1 is 1.13 bits per heavy atom. The summed E-state index contributed by atoms with van der Waals surface area (Å²) in [6.45, 7) is 3.16. The van der Waals surface area contributed by atoms with Gasteiger partial charge in [0.15, 0.2) is 0 Å². The summed E-state index contributed by atoms with van der Waals surface area (Å²) in [6.07, 6.45) is -3.56. The highest BCUT2D eigenvalue weighted by atomic mass is 32.2. The number of alkyl halides is 3. The Bertz CT molecular complexity index is 1500. The molecule has 45 heavy (non-hydrogen) atoms. The molecule has 3 amide bonds. The van der Waals surface area contributed by atoms with Gasteiger partial charge in [-0.3, -0.25) is 24.3 Å². The second kappa shape index (κ2) is 13.6. The Morgan fingerprint density at radius 3 is 2.47 bits per heavy atom. The van der Waals surface area contributed by atoms with Crippen molar-refractivity contribution >= 4 is 35.3 Å². The van der Waals surface area contributed by atoms with E-state index in [-0.39, 0.29) is 35.3 Å². The molecule has 0 spiro atoms. The first-order valence-corrected chi connectivity index (χ1v) is 15.7. The lowest BCUT2D eigenvalue weighted by molar-refractivity contribution is -0.137. The van der Waals surface area contributed by atoms with Gasteiger partial charge in [-0.15, -0.1) is 11.8 Å². The van der Waals surface area contributed by atoms with Gasteiger partial charge in [-0.05, 0) is 55.7 Å². The molecule has 3 saturated heterocycles. The number of carbonyl (C=O) groups is 3. The minimum absolute atomic E-state index is 0.0947. The monoisotopic (exact) mass is 647 g/mol. The third kappa shape index (κ3) is 7.01. The van der Waals surface area contributed by atoms with Gasteiger partial charge < -0.3 is 20.7 Å². The van der Waals surface area contributed by atoms with Crippen LogP contribution in [0.1, 0.15) is 47.2 Å². The van der Waals surface area contributed by atoms with Crippen LogP contribution in [0.5, 0.6) is 0 Å². The number of likely N-dealkylation sites (N-methyl/N-ethyl adjacent to an activating group) is 1. The molecular formula is C31H33F4N5O4S. The number of ether oxygens (including phenoxy) is 1. The van der Waals surface area contributed by atoms with E-state index in [0.717, 1.165) is 12.1 Å². The van der Waals surface area contributed by atoms with Crippen LogP contribution < -0.4 is 11.1 Å². The van der Waals surface area contributed by atoms with E-state index in [0.29, 0.717) is 55.9 Å². The number of nitrogens with one attached hydrogen (secondary N) is 1. The van der Waals surface area contributed by atoms with Crippen LogP contribution in [-0.2, 0) is 20.5 Å². The standard InChI is InChI=1S/C31H33F4N5O4S/c1-2-40-27(37-22-10-13-44-14-11-22)24(25(36)29(42)39-12-15-45-17-39)23(18-6-8-21(32)9-7-18)26(30(40)43)38-28(41)19-4-3-5-20(16-19)31(33,34)35/h3-9,16,22-23,26H,2,10-15,17,36H2,1H3,(H,38,41)/b25-24-,37-27?. The molecule has 5 rings (SSSR count). The summed E-state index contributed by atoms with van der Waals surface area (Å²) < 4.78 is 59.9. The molecule has 3 heterocycles. The number of nitrogens with two attached hydrogens (primary N) is 1. The van der Waals surface area contributed by atoms with Gasteiger partial charge in [-0.1, -0.05) is 18.2 Å². The van der Waals surface area contributed by atoms with Gasteiger partial charge in [0.05, 0.1) is 17.5 Å². The number of aliphatic imine (C=N–C) groups is 1. The summed E-state index contributed by atoms with van der Waals surface area (Å²) >= 11 is 1.56. The van der Waals surface area contributed by atoms with Gasteiger partial charge in [0.1, 0.15) is 23.4 Å². The van der Waals surface area contributed by atoms with E-state index in [2.05, 4.69) is 5.32 Å². The molecule has 2 atom stereocenters. The number of likely N-dealkylation sites (tertiary alicyclic amines) is 1. The van der Waals surface area contributed by atoms with Crippen LogP contribution in [0.3, 0.4) is 0 Å². The molecule has 2 unspecified atom stereocenters. The number of carbonyl (C=O) groups excluding carboxylic acids is 3. The highest BCUT2D eigenvalue weighted by Crippen LogP contribution is 2.38. The number of amides is 3. The van der Waals surface area contributed by atoms with Gasteiger partial charge in [-0.25, -0.2) is 4.39 Å². The lowest BCUT2D eigenvalue weighted by Crippen LogP contribution is -2.60. The zero-order valence-electron chi connectivity index (χ0n) is 24.5. The molecule has 3 N–H and O–H groups in total. The number of benzene rings is 2. The molecule has 2 aromatic carbocycles. The van der Waals surface area contributed by atoms with Crippen molar-refractivity contribution in [2.24, 2.45) is 10.7 Å². The summed E-state index contributed by atoms with van der Waals surface area (Å²) in [6, 6.07) is 7.39. The first kappa shape index (κ1) is 32.5. The molecule has 0 bridgehead atoms. The largest absolute Gasteiger partial charge is 0.416 e. The molecule has 3 aliphatic heterocycles. The first-order chi connectivity index (χ1) is 21.5. The van der Waals surface area contributed by atoms with E-state index in [1.54, 1.807) is 23.6 Å². The van der Waals surface area contributed by atoms with Crippen molar-refractivity contribution in [1.29, 1.82) is 0 Å². The van der Waals surface area contributed by atoms with E-state index < -0.39 is 47.2 Å². The van der Waals surface area contributed by atoms with Crippen LogP contribution in [0.25, 0.3) is 0 Å². The van der Waals surface area contributed by atoms with Gasteiger partial charge >= 0.3 is 6.18 Å². The van der Waals surface area contributed by atoms with Crippen molar-refractivity contribution in [2.45, 2.75) is 43.9 Å². The molecule has 3 aliphatic rings. The lowest BCUT2D eigenvalue weighted by atomic mass is 9.78. The second-order valence-electron chi connectivity index (χ2n) is 10.9. The molecule has 0 aliphatic carbocycles. The average Bonchev–Trinajstić information content (AvgIpc) is 3.57. The third-order valence-electron chi connectivity index (χ3n) is 8.01. The summed E-state index contributed by atoms with van der Waals surface area (Å²) in [5, 5.41) is 2.62. The van der Waals surface area contributed by atoms with Gasteiger partial charge in [0, 0.05) is 49.1 Å². The van der Waals surface area contributed by atoms with Crippen molar-refractivity contribution in [3.63, 3.8) is 0 Å². The Labute approximate surface area is 261 Å². The highest BCUT2D eigenvalue weighted by molar-refractivity contribution is 7.99. The van der Waals surface area contributed by atoms with E-state index in [9.17, 15) is 31.9 Å². The quantitative estimate of drug-likeness (QED) is 0.363. The van der Waals surface area contributed by atoms with E-state index in [1.165, 1.54) is 35.2 Å². The molecule has 2 aromatic rings. The Kier molecular flexibility index (Phi) is 9.82. The molecular weight excluding hydrogens is 614 g/mol. The van der Waals surface area contributed by atoms with Crippen LogP contribution in [-0.4, -0.2) is 83.4 Å². The van der Waals surface area contributed by atoms with Crippen LogP contribution in [0.15, 0.2) is 64.8 Å². The van der Waals surface area contributed by atoms with Crippen molar-refractivity contribution in [3.05, 3.63) is 82.3 Å². The second-order valence-corrected chi connectivity index (χ2v) is 11.9. The summed E-state index contributed by atoms with van der Waals surface area (Å²) in [4.78, 5) is 49.3. The summed E-state index contributed by atoms with van der Waals surface area (Å²) in [7, 11) is 0. The molecule has 9 nitrogen and oxygen atoms in total. The molecule has 0 aromatic heterocycles. The predicted molar refractivity (Wildman–Crippen MR) is 161 cm³/mol. The minimum atomic E-state index is -4.69. The van der Waals surface area contributed by atoms with E-state index in [4.69, 9.17) is 15.5 Å². The van der Waals surface area contributed by atoms with Crippen molar-refractivity contribution < 1.29 is 36.7 Å². The zero-order valence-corrected chi connectivity index (χ0v) is 25.3. The molecule has 240 valence electrons. The van der Waals surface area contributed by atoms with Crippen molar-refractivity contribution in [1.82, 2.24) is 15.1 Å². The van der Waals surface area contributed by atoms with Crippen molar-refractivity contribution in [3.8, 4) is 0 Å². The normalized spacial score (nSPS) is 23.4. The van der Waals surface area contributed by atoms with Gasteiger partial charge in [-0.2, -0.15) is 13.2 Å². The Balaban J connectivity index is 1.67. The maximum atomic E-state index is 14.2. The lowest BCUT2D eigenvalue weighted by Gasteiger charge is -2.42. The predicted octanol–water partition coefficient (Wildman–Crippen LogP) is 3.91. The molecule has 14 heteroatoms. The smallest absolute Gasteiger partial charge is 0.394 e. The first-order valence-electron chi connectivity index (χ1n) is 14.6. The number of rotatable bonds is 6. The molecule has 0 saturated carbocycles. The van der Waals surface area contributed by atoms with E-state index >= 15 is 0 Å². The maximum Gasteiger partial charge on any atom is 0.416 e.